The van der Waals surface area contributed by atoms with Crippen LogP contribution >= 0.6 is 0 Å². The molecule has 2 aliphatic rings. The van der Waals surface area contributed by atoms with Crippen LogP contribution in [0.3, 0.4) is 0 Å². The number of hydrogen-bond donors (Lipinski definition) is 1. The topological polar surface area (TPSA) is 68.1 Å². The number of carbonyl (C=O) groups is 1. The Kier molecular flexibility index (Phi) is 4.45. The minimum absolute atomic E-state index is 0.107. The second-order valence-electron chi connectivity index (χ2n) is 6.89. The third-order valence-electron chi connectivity index (χ3n) is 4.98. The second kappa shape index (κ2) is 6.74. The summed E-state index contributed by atoms with van der Waals surface area (Å²) in [6.07, 6.45) is 4.10. The van der Waals surface area contributed by atoms with Crippen LogP contribution in [0.1, 0.15) is 11.3 Å². The zero-order valence-electron chi connectivity index (χ0n) is 14.5. The van der Waals surface area contributed by atoms with E-state index < -0.39 is 5.60 Å². The van der Waals surface area contributed by atoms with Gasteiger partial charge in [-0.2, -0.15) is 0 Å². The number of aromatic nitrogens is 2. The number of rotatable bonds is 2. The number of fused-ring (bicyclic) bond motifs is 1. The molecule has 0 bridgehead atoms. The highest BCUT2D eigenvalue weighted by atomic mass is 16.5. The summed E-state index contributed by atoms with van der Waals surface area (Å²) in [5, 5.41) is 3.34. The fraction of sp³-hybridized carbons (Fsp3) is 0.556. The van der Waals surface area contributed by atoms with E-state index in [2.05, 4.69) is 10.3 Å². The molecular formula is C18H24N4O3. The molecule has 4 heterocycles. The van der Waals surface area contributed by atoms with E-state index in [0.717, 1.165) is 23.4 Å². The first-order valence-electron chi connectivity index (χ1n) is 8.79. The van der Waals surface area contributed by atoms with Crippen molar-refractivity contribution in [1.82, 2.24) is 19.6 Å². The van der Waals surface area contributed by atoms with Gasteiger partial charge in [-0.1, -0.05) is 6.07 Å². The Morgan fingerprint density at radius 2 is 2.36 bits per heavy atom. The third kappa shape index (κ3) is 3.27. The largest absolute Gasteiger partial charge is 0.377 e. The molecule has 0 radical (unpaired) electrons. The van der Waals surface area contributed by atoms with Gasteiger partial charge in [0.15, 0.2) is 0 Å². The van der Waals surface area contributed by atoms with Gasteiger partial charge in [0.25, 0.3) is 0 Å². The number of nitrogens with zero attached hydrogens (tertiary/aromatic N) is 3. The van der Waals surface area contributed by atoms with Gasteiger partial charge in [0.2, 0.25) is 5.91 Å². The van der Waals surface area contributed by atoms with Gasteiger partial charge in [-0.05, 0) is 18.6 Å². The predicted octanol–water partition coefficient (Wildman–Crippen LogP) is 0.403. The summed E-state index contributed by atoms with van der Waals surface area (Å²) in [5.74, 6) is 0.107. The zero-order chi connectivity index (χ0) is 17.3. The SMILES string of the molecule is Cc1cccn2c(CC(=O)N3CCO[C@@]4(CNCCOC4)C3)cnc12. The molecule has 0 aliphatic carbocycles. The number of pyridine rings is 1. The smallest absolute Gasteiger partial charge is 0.228 e. The fourth-order valence-electron chi connectivity index (χ4n) is 3.62. The molecule has 0 unspecified atom stereocenters. The standard InChI is InChI=1S/C18H24N4O3/c1-14-3-2-5-22-15(10-20-17(14)22)9-16(23)21-6-8-25-18(12-21)11-19-4-7-24-13-18/h2-3,5,10,19H,4,6-9,11-13H2,1H3/t18-/m0/s1. The molecule has 2 aromatic rings. The molecule has 134 valence electrons. The summed E-state index contributed by atoms with van der Waals surface area (Å²) < 4.78 is 13.6. The normalized spacial score (nSPS) is 24.6. The van der Waals surface area contributed by atoms with E-state index in [0.29, 0.717) is 45.9 Å². The number of imidazole rings is 1. The summed E-state index contributed by atoms with van der Waals surface area (Å²) in [7, 11) is 0. The molecule has 0 aromatic carbocycles. The first-order valence-corrected chi connectivity index (χ1v) is 8.79. The Morgan fingerprint density at radius 1 is 1.44 bits per heavy atom. The van der Waals surface area contributed by atoms with Gasteiger partial charge < -0.3 is 24.1 Å². The van der Waals surface area contributed by atoms with Gasteiger partial charge in [0, 0.05) is 32.0 Å². The molecule has 2 aliphatic heterocycles. The molecule has 2 saturated heterocycles. The highest BCUT2D eigenvalue weighted by Crippen LogP contribution is 2.21. The van der Waals surface area contributed by atoms with Crippen LogP contribution < -0.4 is 5.32 Å². The van der Waals surface area contributed by atoms with Crippen LogP contribution in [0.4, 0.5) is 0 Å². The van der Waals surface area contributed by atoms with E-state index in [1.165, 1.54) is 0 Å². The summed E-state index contributed by atoms with van der Waals surface area (Å²) in [4.78, 5) is 19.2. The predicted molar refractivity (Wildman–Crippen MR) is 92.6 cm³/mol. The first kappa shape index (κ1) is 16.5. The van der Waals surface area contributed by atoms with Crippen molar-refractivity contribution in [1.29, 1.82) is 0 Å². The molecule has 4 rings (SSSR count). The Bertz CT molecular complexity index is 765. The van der Waals surface area contributed by atoms with E-state index >= 15 is 0 Å². The van der Waals surface area contributed by atoms with Crippen molar-refractivity contribution in [3.8, 4) is 0 Å². The Morgan fingerprint density at radius 3 is 3.28 bits per heavy atom. The van der Waals surface area contributed by atoms with Crippen LogP contribution in [-0.4, -0.2) is 71.8 Å². The van der Waals surface area contributed by atoms with E-state index in [4.69, 9.17) is 9.47 Å². The molecule has 7 heteroatoms. The second-order valence-corrected chi connectivity index (χ2v) is 6.89. The fourth-order valence-corrected chi connectivity index (χ4v) is 3.62. The summed E-state index contributed by atoms with van der Waals surface area (Å²) in [5.41, 5.74) is 2.50. The number of aryl methyl sites for hydroxylation is 1. The summed E-state index contributed by atoms with van der Waals surface area (Å²) >= 11 is 0. The molecular weight excluding hydrogens is 320 g/mol. The van der Waals surface area contributed by atoms with Gasteiger partial charge in [-0.25, -0.2) is 4.98 Å². The first-order chi connectivity index (χ1) is 12.2. The Labute approximate surface area is 146 Å². The average Bonchev–Trinajstić information content (AvgIpc) is 2.89. The molecule has 25 heavy (non-hydrogen) atoms. The summed E-state index contributed by atoms with van der Waals surface area (Å²) in [6, 6.07) is 4.01. The van der Waals surface area contributed by atoms with Gasteiger partial charge in [0.1, 0.15) is 11.2 Å². The van der Waals surface area contributed by atoms with Gasteiger partial charge in [0.05, 0.1) is 38.5 Å². The van der Waals surface area contributed by atoms with Crippen molar-refractivity contribution in [3.05, 3.63) is 35.8 Å². The van der Waals surface area contributed by atoms with Crippen LogP contribution in [0.2, 0.25) is 0 Å². The van der Waals surface area contributed by atoms with Crippen LogP contribution in [0.5, 0.6) is 0 Å². The van der Waals surface area contributed by atoms with Gasteiger partial charge >= 0.3 is 0 Å². The van der Waals surface area contributed by atoms with Gasteiger partial charge in [-0.15, -0.1) is 0 Å². The molecule has 0 saturated carbocycles. The highest BCUT2D eigenvalue weighted by molar-refractivity contribution is 5.79. The van der Waals surface area contributed by atoms with E-state index in [9.17, 15) is 4.79 Å². The van der Waals surface area contributed by atoms with Crippen molar-refractivity contribution in [2.45, 2.75) is 18.9 Å². The maximum absolute atomic E-state index is 12.9. The van der Waals surface area contributed by atoms with E-state index in [-0.39, 0.29) is 5.91 Å². The lowest BCUT2D eigenvalue weighted by atomic mass is 10.0. The molecule has 7 nitrogen and oxygen atoms in total. The molecule has 1 N–H and O–H groups in total. The Balaban J connectivity index is 1.49. The lowest BCUT2D eigenvalue weighted by Crippen LogP contribution is -2.59. The third-order valence-corrected chi connectivity index (χ3v) is 4.98. The van der Waals surface area contributed by atoms with E-state index in [1.54, 1.807) is 6.20 Å². The average molecular weight is 344 g/mol. The van der Waals surface area contributed by atoms with Crippen LogP contribution in [0, 0.1) is 6.92 Å². The maximum Gasteiger partial charge on any atom is 0.228 e. The monoisotopic (exact) mass is 344 g/mol. The molecule has 1 atom stereocenters. The maximum atomic E-state index is 12.9. The lowest BCUT2D eigenvalue weighted by molar-refractivity contribution is -0.157. The van der Waals surface area contributed by atoms with Crippen LogP contribution in [0.15, 0.2) is 24.5 Å². The quantitative estimate of drug-likeness (QED) is 0.854. The molecule has 1 spiro atoms. The van der Waals surface area contributed by atoms with Crippen LogP contribution in [0.25, 0.3) is 5.65 Å². The minimum Gasteiger partial charge on any atom is -0.377 e. The number of amides is 1. The molecule has 1 amide bonds. The van der Waals surface area contributed by atoms with Crippen molar-refractivity contribution < 1.29 is 14.3 Å². The minimum atomic E-state index is -0.430. The number of ether oxygens (including phenoxy) is 2. The number of carbonyl (C=O) groups excluding carboxylic acids is 1. The highest BCUT2D eigenvalue weighted by Gasteiger charge is 2.39. The molecule has 2 aromatic heterocycles. The van der Waals surface area contributed by atoms with Crippen molar-refractivity contribution in [2.75, 3.05) is 46.0 Å². The van der Waals surface area contributed by atoms with Crippen LogP contribution in [-0.2, 0) is 20.7 Å². The molecule has 2 fully saturated rings. The number of morpholine rings is 1. The number of hydrogen-bond acceptors (Lipinski definition) is 5. The Hall–Kier alpha value is -1.96. The van der Waals surface area contributed by atoms with Gasteiger partial charge in [-0.3, -0.25) is 4.79 Å². The van der Waals surface area contributed by atoms with Crippen molar-refractivity contribution in [3.63, 3.8) is 0 Å². The van der Waals surface area contributed by atoms with Crippen molar-refractivity contribution >= 4 is 11.6 Å². The number of nitrogens with one attached hydrogen (secondary N) is 1. The van der Waals surface area contributed by atoms with E-state index in [1.807, 2.05) is 34.6 Å². The van der Waals surface area contributed by atoms with Crippen molar-refractivity contribution in [2.24, 2.45) is 0 Å². The lowest BCUT2D eigenvalue weighted by Gasteiger charge is -2.41. The zero-order valence-corrected chi connectivity index (χ0v) is 14.5. The summed E-state index contributed by atoms with van der Waals surface area (Å²) in [6.45, 7) is 6.50.